The van der Waals surface area contributed by atoms with Gasteiger partial charge in [0, 0.05) is 30.9 Å². The second-order valence-electron chi connectivity index (χ2n) is 4.77. The van der Waals surface area contributed by atoms with Gasteiger partial charge in [-0.05, 0) is 38.2 Å². The Morgan fingerprint density at radius 3 is 2.72 bits per heavy atom. The van der Waals surface area contributed by atoms with E-state index in [1.807, 2.05) is 39.5 Å². The van der Waals surface area contributed by atoms with Crippen molar-refractivity contribution in [3.8, 4) is 11.1 Å². The van der Waals surface area contributed by atoms with E-state index in [-0.39, 0.29) is 5.82 Å². The quantitative estimate of drug-likeness (QED) is 0.827. The molecule has 2 rings (SSSR count). The van der Waals surface area contributed by atoms with E-state index in [9.17, 15) is 4.39 Å². The molecule has 0 fully saturated rings. The molecule has 0 N–H and O–H groups in total. The van der Waals surface area contributed by atoms with Gasteiger partial charge in [-0.2, -0.15) is 5.10 Å². The molecule has 96 valence electrons. The Kier molecular flexibility index (Phi) is 3.77. The average molecular weight is 247 g/mol. The SMILES string of the molecule is CN(C)CCc1ccc(F)c(-c2cnn(C)c2)c1. The van der Waals surface area contributed by atoms with E-state index in [1.165, 1.54) is 6.07 Å². The van der Waals surface area contributed by atoms with Gasteiger partial charge < -0.3 is 4.90 Å². The highest BCUT2D eigenvalue weighted by Crippen LogP contribution is 2.23. The summed E-state index contributed by atoms with van der Waals surface area (Å²) in [7, 11) is 5.90. The van der Waals surface area contributed by atoms with E-state index < -0.39 is 0 Å². The minimum Gasteiger partial charge on any atom is -0.309 e. The summed E-state index contributed by atoms with van der Waals surface area (Å²) in [4.78, 5) is 2.12. The van der Waals surface area contributed by atoms with E-state index in [4.69, 9.17) is 0 Å². The normalized spacial score (nSPS) is 11.2. The van der Waals surface area contributed by atoms with Crippen LogP contribution in [0.1, 0.15) is 5.56 Å². The molecular formula is C14H18FN3. The molecule has 0 saturated heterocycles. The van der Waals surface area contributed by atoms with Gasteiger partial charge in [0.1, 0.15) is 5.82 Å². The summed E-state index contributed by atoms with van der Waals surface area (Å²) in [6, 6.07) is 5.29. The Hall–Kier alpha value is -1.68. The van der Waals surface area contributed by atoms with Crippen molar-refractivity contribution in [1.82, 2.24) is 14.7 Å². The van der Waals surface area contributed by atoms with Gasteiger partial charge >= 0.3 is 0 Å². The Balaban J connectivity index is 2.27. The maximum Gasteiger partial charge on any atom is 0.131 e. The minimum atomic E-state index is -0.198. The van der Waals surface area contributed by atoms with Crippen molar-refractivity contribution in [3.05, 3.63) is 42.0 Å². The number of aromatic nitrogens is 2. The third-order valence-corrected chi connectivity index (χ3v) is 2.89. The molecule has 2 aromatic rings. The first-order chi connectivity index (χ1) is 8.56. The number of likely N-dealkylation sites (N-methyl/N-ethyl adjacent to an activating group) is 1. The zero-order valence-corrected chi connectivity index (χ0v) is 11.0. The highest BCUT2D eigenvalue weighted by atomic mass is 19.1. The standard InChI is InChI=1S/C14H18FN3/c1-17(2)7-6-11-4-5-14(15)13(8-11)12-9-16-18(3)10-12/h4-5,8-10H,6-7H2,1-3H3. The second-order valence-corrected chi connectivity index (χ2v) is 4.77. The lowest BCUT2D eigenvalue weighted by molar-refractivity contribution is 0.413. The summed E-state index contributed by atoms with van der Waals surface area (Å²) in [5.74, 6) is -0.198. The van der Waals surface area contributed by atoms with Gasteiger partial charge in [0.25, 0.3) is 0 Å². The maximum atomic E-state index is 13.8. The molecule has 0 atom stereocenters. The van der Waals surface area contributed by atoms with Crippen LogP contribution in [0.15, 0.2) is 30.6 Å². The van der Waals surface area contributed by atoms with E-state index in [0.29, 0.717) is 5.56 Å². The van der Waals surface area contributed by atoms with Crippen molar-refractivity contribution in [2.24, 2.45) is 7.05 Å². The molecular weight excluding hydrogens is 229 g/mol. The van der Waals surface area contributed by atoms with Gasteiger partial charge in [0.05, 0.1) is 6.20 Å². The van der Waals surface area contributed by atoms with Gasteiger partial charge in [-0.3, -0.25) is 4.68 Å². The van der Waals surface area contributed by atoms with Crippen molar-refractivity contribution in [2.75, 3.05) is 20.6 Å². The molecule has 1 aromatic carbocycles. The van der Waals surface area contributed by atoms with Crippen LogP contribution < -0.4 is 0 Å². The highest BCUT2D eigenvalue weighted by molar-refractivity contribution is 5.63. The number of benzene rings is 1. The molecule has 1 aromatic heterocycles. The second kappa shape index (κ2) is 5.31. The van der Waals surface area contributed by atoms with E-state index >= 15 is 0 Å². The summed E-state index contributed by atoms with van der Waals surface area (Å²) < 4.78 is 15.5. The molecule has 3 nitrogen and oxygen atoms in total. The monoisotopic (exact) mass is 247 g/mol. The number of aryl methyl sites for hydroxylation is 1. The Morgan fingerprint density at radius 1 is 1.33 bits per heavy atom. The molecule has 4 heteroatoms. The number of hydrogen-bond donors (Lipinski definition) is 0. The molecule has 0 saturated carbocycles. The van der Waals surface area contributed by atoms with Gasteiger partial charge in [-0.25, -0.2) is 4.39 Å². The molecule has 0 radical (unpaired) electrons. The predicted molar refractivity (Wildman–Crippen MR) is 70.9 cm³/mol. The van der Waals surface area contributed by atoms with Crippen LogP contribution in [-0.4, -0.2) is 35.3 Å². The summed E-state index contributed by atoms with van der Waals surface area (Å²) in [6.45, 7) is 0.956. The molecule has 18 heavy (non-hydrogen) atoms. The highest BCUT2D eigenvalue weighted by Gasteiger charge is 2.08. The number of halogens is 1. The Labute approximate surface area is 107 Å². The van der Waals surface area contributed by atoms with Crippen LogP contribution in [0.4, 0.5) is 4.39 Å². The first-order valence-electron chi connectivity index (χ1n) is 5.98. The zero-order chi connectivity index (χ0) is 13.1. The molecule has 0 aliphatic carbocycles. The van der Waals surface area contributed by atoms with Crippen LogP contribution in [-0.2, 0) is 13.5 Å². The number of nitrogens with zero attached hydrogens (tertiary/aromatic N) is 3. The molecule has 0 aliphatic rings. The molecule has 0 spiro atoms. The third-order valence-electron chi connectivity index (χ3n) is 2.89. The van der Waals surface area contributed by atoms with Crippen molar-refractivity contribution in [2.45, 2.75) is 6.42 Å². The lowest BCUT2D eigenvalue weighted by Gasteiger charge is -2.10. The van der Waals surface area contributed by atoms with Gasteiger partial charge in [0.15, 0.2) is 0 Å². The minimum absolute atomic E-state index is 0.198. The molecule has 0 unspecified atom stereocenters. The van der Waals surface area contributed by atoms with E-state index in [2.05, 4.69) is 10.00 Å². The summed E-state index contributed by atoms with van der Waals surface area (Å²) >= 11 is 0. The molecule has 0 amide bonds. The summed E-state index contributed by atoms with van der Waals surface area (Å²) in [5.41, 5.74) is 2.59. The van der Waals surface area contributed by atoms with Crippen molar-refractivity contribution in [1.29, 1.82) is 0 Å². The summed E-state index contributed by atoms with van der Waals surface area (Å²) in [5, 5.41) is 4.08. The third kappa shape index (κ3) is 2.96. The summed E-state index contributed by atoms with van der Waals surface area (Å²) in [6.07, 6.45) is 4.43. The van der Waals surface area contributed by atoms with Crippen molar-refractivity contribution in [3.63, 3.8) is 0 Å². The lowest BCUT2D eigenvalue weighted by Crippen LogP contribution is -2.15. The van der Waals surface area contributed by atoms with Gasteiger partial charge in [-0.1, -0.05) is 6.07 Å². The van der Waals surface area contributed by atoms with Crippen molar-refractivity contribution < 1.29 is 4.39 Å². The zero-order valence-electron chi connectivity index (χ0n) is 11.0. The van der Waals surface area contributed by atoms with Crippen LogP contribution in [0.2, 0.25) is 0 Å². The van der Waals surface area contributed by atoms with E-state index in [0.717, 1.165) is 24.1 Å². The largest absolute Gasteiger partial charge is 0.309 e. The van der Waals surface area contributed by atoms with Crippen LogP contribution >= 0.6 is 0 Å². The van der Waals surface area contributed by atoms with Gasteiger partial charge in [0.2, 0.25) is 0 Å². The maximum absolute atomic E-state index is 13.8. The fourth-order valence-electron chi connectivity index (χ4n) is 1.86. The smallest absolute Gasteiger partial charge is 0.131 e. The molecule has 1 heterocycles. The fraction of sp³-hybridized carbons (Fsp3) is 0.357. The lowest BCUT2D eigenvalue weighted by atomic mass is 10.0. The average Bonchev–Trinajstić information content (AvgIpc) is 2.74. The fourth-order valence-corrected chi connectivity index (χ4v) is 1.86. The van der Waals surface area contributed by atoms with Crippen LogP contribution in [0.3, 0.4) is 0 Å². The van der Waals surface area contributed by atoms with Gasteiger partial charge in [-0.15, -0.1) is 0 Å². The number of rotatable bonds is 4. The first kappa shape index (κ1) is 12.8. The molecule has 0 bridgehead atoms. The topological polar surface area (TPSA) is 21.1 Å². The van der Waals surface area contributed by atoms with Crippen LogP contribution in [0.5, 0.6) is 0 Å². The number of hydrogen-bond acceptors (Lipinski definition) is 2. The molecule has 0 aliphatic heterocycles. The Bertz CT molecular complexity index is 532. The van der Waals surface area contributed by atoms with Crippen LogP contribution in [0, 0.1) is 5.82 Å². The Morgan fingerprint density at radius 2 is 2.11 bits per heavy atom. The predicted octanol–water partition coefficient (Wildman–Crippen LogP) is 2.33. The first-order valence-corrected chi connectivity index (χ1v) is 5.98. The van der Waals surface area contributed by atoms with E-state index in [1.54, 1.807) is 10.9 Å². The van der Waals surface area contributed by atoms with Crippen molar-refractivity contribution >= 4 is 0 Å². The van der Waals surface area contributed by atoms with Crippen LogP contribution in [0.25, 0.3) is 11.1 Å².